The number of para-hydroxylation sites is 1. The molecule has 0 aliphatic heterocycles. The third-order valence-corrected chi connectivity index (χ3v) is 2.68. The molecule has 0 unspecified atom stereocenters. The van der Waals surface area contributed by atoms with Gasteiger partial charge in [-0.3, -0.25) is 4.79 Å². The van der Waals surface area contributed by atoms with Gasteiger partial charge in [0.05, 0.1) is 5.56 Å². The molecule has 0 aliphatic rings. The maximum absolute atomic E-state index is 13.7. The van der Waals surface area contributed by atoms with Crippen LogP contribution in [0.15, 0.2) is 42.5 Å². The van der Waals surface area contributed by atoms with Gasteiger partial charge in [-0.05, 0) is 30.7 Å². The van der Waals surface area contributed by atoms with E-state index < -0.39 is 29.6 Å². The largest absolute Gasteiger partial charge is 0.485 e. The summed E-state index contributed by atoms with van der Waals surface area (Å²) < 4.78 is 32.4. The monoisotopic (exact) mass is 262 g/mol. The summed E-state index contributed by atoms with van der Waals surface area (Å²) in [4.78, 5) is 11.8. The summed E-state index contributed by atoms with van der Waals surface area (Å²) >= 11 is 0. The highest BCUT2D eigenvalue weighted by molar-refractivity contribution is 5.98. The van der Waals surface area contributed by atoms with Crippen molar-refractivity contribution >= 4 is 5.78 Å². The second-order valence-corrected chi connectivity index (χ2v) is 4.08. The molecule has 2 aromatic carbocycles. The first kappa shape index (κ1) is 13.2. The summed E-state index contributed by atoms with van der Waals surface area (Å²) in [6.07, 6.45) is 0. The minimum atomic E-state index is -0.871. The van der Waals surface area contributed by atoms with E-state index in [9.17, 15) is 13.6 Å². The van der Waals surface area contributed by atoms with Crippen molar-refractivity contribution in [2.75, 3.05) is 6.61 Å². The average Bonchev–Trinajstić information content (AvgIpc) is 2.42. The van der Waals surface area contributed by atoms with Crippen molar-refractivity contribution in [3.63, 3.8) is 0 Å². The summed E-state index contributed by atoms with van der Waals surface area (Å²) in [5.74, 6) is -1.95. The number of carbonyl (C=O) groups is 1. The number of hydrogen-bond acceptors (Lipinski definition) is 2. The van der Waals surface area contributed by atoms with Crippen LogP contribution in [0.1, 0.15) is 15.9 Å². The van der Waals surface area contributed by atoms with Crippen LogP contribution < -0.4 is 4.74 Å². The van der Waals surface area contributed by atoms with Crippen LogP contribution in [0.5, 0.6) is 5.75 Å². The zero-order chi connectivity index (χ0) is 13.8. The maximum atomic E-state index is 13.7. The molecule has 0 aliphatic carbocycles. The van der Waals surface area contributed by atoms with E-state index in [-0.39, 0.29) is 5.56 Å². The van der Waals surface area contributed by atoms with Crippen LogP contribution in [0.25, 0.3) is 0 Å². The Morgan fingerprint density at radius 2 is 1.79 bits per heavy atom. The van der Waals surface area contributed by atoms with Crippen LogP contribution >= 0.6 is 0 Å². The molecule has 98 valence electrons. The molecular weight excluding hydrogens is 250 g/mol. The minimum absolute atomic E-state index is 0.226. The minimum Gasteiger partial charge on any atom is -0.485 e. The normalized spacial score (nSPS) is 10.3. The van der Waals surface area contributed by atoms with Crippen molar-refractivity contribution in [3.05, 3.63) is 65.2 Å². The van der Waals surface area contributed by atoms with Crippen LogP contribution in [0.4, 0.5) is 8.78 Å². The van der Waals surface area contributed by atoms with E-state index >= 15 is 0 Å². The molecule has 0 saturated heterocycles. The van der Waals surface area contributed by atoms with E-state index in [0.29, 0.717) is 5.75 Å². The first-order chi connectivity index (χ1) is 9.09. The predicted molar refractivity (Wildman–Crippen MR) is 67.4 cm³/mol. The van der Waals surface area contributed by atoms with Crippen LogP contribution in [0, 0.1) is 18.6 Å². The van der Waals surface area contributed by atoms with E-state index in [2.05, 4.69) is 0 Å². The second-order valence-electron chi connectivity index (χ2n) is 4.08. The van der Waals surface area contributed by atoms with Crippen molar-refractivity contribution in [1.29, 1.82) is 0 Å². The highest BCUT2D eigenvalue weighted by Crippen LogP contribution is 2.17. The molecule has 19 heavy (non-hydrogen) atoms. The molecule has 0 radical (unpaired) electrons. The number of Topliss-reactive ketones (excluding diaryl/α,β-unsaturated/α-hetero) is 1. The van der Waals surface area contributed by atoms with Gasteiger partial charge in [-0.15, -0.1) is 0 Å². The van der Waals surface area contributed by atoms with Crippen molar-refractivity contribution in [1.82, 2.24) is 0 Å². The molecule has 0 aromatic heterocycles. The number of ether oxygens (including phenoxy) is 1. The van der Waals surface area contributed by atoms with Crippen LogP contribution in [0.2, 0.25) is 0 Å². The molecule has 2 aromatic rings. The van der Waals surface area contributed by atoms with Gasteiger partial charge in [0.2, 0.25) is 5.78 Å². The fourth-order valence-corrected chi connectivity index (χ4v) is 1.65. The average molecular weight is 262 g/mol. The number of halogens is 2. The smallest absolute Gasteiger partial charge is 0.206 e. The van der Waals surface area contributed by atoms with Crippen LogP contribution in [-0.2, 0) is 0 Å². The highest BCUT2D eigenvalue weighted by atomic mass is 19.1. The lowest BCUT2D eigenvalue weighted by Gasteiger charge is -2.08. The molecule has 0 N–H and O–H groups in total. The van der Waals surface area contributed by atoms with Crippen molar-refractivity contribution in [2.45, 2.75) is 6.92 Å². The zero-order valence-electron chi connectivity index (χ0n) is 10.3. The lowest BCUT2D eigenvalue weighted by Crippen LogP contribution is -2.15. The molecule has 2 rings (SSSR count). The zero-order valence-corrected chi connectivity index (χ0v) is 10.3. The number of aryl methyl sites for hydroxylation is 1. The van der Waals surface area contributed by atoms with Crippen molar-refractivity contribution in [3.8, 4) is 5.75 Å². The Bertz CT molecular complexity index is 595. The molecule has 0 amide bonds. The molecule has 0 spiro atoms. The van der Waals surface area contributed by atoms with Crippen LogP contribution in [0.3, 0.4) is 0 Å². The summed E-state index contributed by atoms with van der Waals surface area (Å²) in [5.41, 5.74) is -0.319. The molecule has 2 nitrogen and oxygen atoms in total. The number of carbonyl (C=O) groups excluding carboxylic acids is 1. The van der Waals surface area contributed by atoms with Gasteiger partial charge in [-0.25, -0.2) is 8.78 Å². The lowest BCUT2D eigenvalue weighted by molar-refractivity contribution is 0.0912. The Hall–Kier alpha value is -2.23. The Labute approximate surface area is 109 Å². The van der Waals surface area contributed by atoms with Crippen molar-refractivity contribution in [2.24, 2.45) is 0 Å². The second kappa shape index (κ2) is 5.61. The van der Waals surface area contributed by atoms with E-state index in [1.54, 1.807) is 30.3 Å². The summed E-state index contributed by atoms with van der Waals surface area (Å²) in [5, 5.41) is 0. The van der Waals surface area contributed by atoms with E-state index in [1.165, 1.54) is 13.0 Å². The molecular formula is C15H12F2O2. The third-order valence-electron chi connectivity index (χ3n) is 2.68. The number of ketones is 1. The SMILES string of the molecule is Cc1ccc(F)c(C(=O)COc2ccccc2)c1F. The fraction of sp³-hybridized carbons (Fsp3) is 0.133. The van der Waals surface area contributed by atoms with Gasteiger partial charge in [-0.1, -0.05) is 24.3 Å². The standard InChI is InChI=1S/C15H12F2O2/c1-10-7-8-12(16)14(15(10)17)13(18)9-19-11-5-3-2-4-6-11/h2-8H,9H2,1H3. The topological polar surface area (TPSA) is 26.3 Å². The van der Waals surface area contributed by atoms with Crippen molar-refractivity contribution < 1.29 is 18.3 Å². The van der Waals surface area contributed by atoms with Crippen LogP contribution in [-0.4, -0.2) is 12.4 Å². The summed E-state index contributed by atoms with van der Waals surface area (Å²) in [6, 6.07) is 11.0. The van der Waals surface area contributed by atoms with Gasteiger partial charge in [0.15, 0.2) is 6.61 Å². The van der Waals surface area contributed by atoms with Gasteiger partial charge >= 0.3 is 0 Å². The Balaban J connectivity index is 2.15. The summed E-state index contributed by atoms with van der Waals surface area (Å²) in [7, 11) is 0. The molecule has 0 saturated carbocycles. The maximum Gasteiger partial charge on any atom is 0.206 e. The Morgan fingerprint density at radius 1 is 1.11 bits per heavy atom. The van der Waals surface area contributed by atoms with Gasteiger partial charge < -0.3 is 4.74 Å². The molecule has 0 heterocycles. The lowest BCUT2D eigenvalue weighted by atomic mass is 10.1. The first-order valence-corrected chi connectivity index (χ1v) is 5.75. The first-order valence-electron chi connectivity index (χ1n) is 5.75. The Morgan fingerprint density at radius 3 is 2.47 bits per heavy atom. The van der Waals surface area contributed by atoms with E-state index in [4.69, 9.17) is 4.74 Å². The quantitative estimate of drug-likeness (QED) is 0.788. The number of rotatable bonds is 4. The van der Waals surface area contributed by atoms with Gasteiger partial charge in [-0.2, -0.15) is 0 Å². The Kier molecular flexibility index (Phi) is 3.90. The van der Waals surface area contributed by atoms with Gasteiger partial charge in [0.25, 0.3) is 0 Å². The molecule has 4 heteroatoms. The number of hydrogen-bond donors (Lipinski definition) is 0. The predicted octanol–water partition coefficient (Wildman–Crippen LogP) is 3.53. The van der Waals surface area contributed by atoms with Gasteiger partial charge in [0, 0.05) is 0 Å². The fourth-order valence-electron chi connectivity index (χ4n) is 1.65. The molecule has 0 bridgehead atoms. The van der Waals surface area contributed by atoms with E-state index in [1.807, 2.05) is 0 Å². The van der Waals surface area contributed by atoms with Gasteiger partial charge in [0.1, 0.15) is 17.4 Å². The summed E-state index contributed by atoms with van der Waals surface area (Å²) in [6.45, 7) is 1.07. The number of benzene rings is 2. The molecule has 0 fully saturated rings. The van der Waals surface area contributed by atoms with E-state index in [0.717, 1.165) is 6.07 Å². The highest BCUT2D eigenvalue weighted by Gasteiger charge is 2.19. The molecule has 0 atom stereocenters. The third kappa shape index (κ3) is 2.96.